The van der Waals surface area contributed by atoms with Gasteiger partial charge in [-0.1, -0.05) is 6.92 Å². The van der Waals surface area contributed by atoms with E-state index in [4.69, 9.17) is 0 Å². The number of rotatable bonds is 4. The summed E-state index contributed by atoms with van der Waals surface area (Å²) in [6.45, 7) is 9.58. The molecular weight excluding hydrogens is 353 g/mol. The summed E-state index contributed by atoms with van der Waals surface area (Å²) in [6.07, 6.45) is 4.95. The average molecular weight is 379 g/mol. The summed E-state index contributed by atoms with van der Waals surface area (Å²) in [7, 11) is 0. The van der Waals surface area contributed by atoms with Crippen LogP contribution in [0.2, 0.25) is 0 Å². The summed E-state index contributed by atoms with van der Waals surface area (Å²) in [4.78, 5) is 16.2. The lowest BCUT2D eigenvalue weighted by molar-refractivity contribution is 0.127. The van der Waals surface area contributed by atoms with Crippen LogP contribution in [-0.2, 0) is 0 Å². The Balaban J connectivity index is 1.64. The molecule has 19 heavy (non-hydrogen) atoms. The molecule has 0 atom stereocenters. The molecule has 0 aromatic rings. The molecule has 0 radical (unpaired) electrons. The van der Waals surface area contributed by atoms with Gasteiger partial charge in [-0.05, 0) is 51.2 Å². The van der Waals surface area contributed by atoms with Crippen LogP contribution in [0.4, 0.5) is 4.79 Å². The molecule has 2 aliphatic rings. The highest BCUT2D eigenvalue weighted by Crippen LogP contribution is 2.20. The van der Waals surface area contributed by atoms with Gasteiger partial charge >= 0.3 is 0 Å². The largest absolute Gasteiger partial charge is 0.345 e. The first-order chi connectivity index (χ1) is 9.17. The van der Waals surface area contributed by atoms with Gasteiger partial charge in [-0.3, -0.25) is 4.79 Å². The molecule has 0 aromatic carbocycles. The third-order valence-electron chi connectivity index (χ3n) is 4.58. The van der Waals surface area contributed by atoms with Crippen LogP contribution in [0.1, 0.15) is 32.6 Å². The molecule has 0 saturated carbocycles. The van der Waals surface area contributed by atoms with Crippen molar-refractivity contribution in [1.82, 2.24) is 15.1 Å². The lowest BCUT2D eigenvalue weighted by Gasteiger charge is -2.37. The maximum absolute atomic E-state index is 11.0. The Morgan fingerprint density at radius 3 is 2.21 bits per heavy atom. The molecule has 2 rings (SSSR count). The van der Waals surface area contributed by atoms with E-state index in [0.29, 0.717) is 6.04 Å². The molecule has 0 unspecified atom stereocenters. The van der Waals surface area contributed by atoms with E-state index in [-0.39, 0.29) is 3.91 Å². The third-order valence-corrected chi connectivity index (χ3v) is 4.89. The summed E-state index contributed by atoms with van der Waals surface area (Å²) in [6, 6.07) is 0.405. The lowest BCUT2D eigenvalue weighted by atomic mass is 9.95. The number of nitrogens with zero attached hydrogens (tertiary/aromatic N) is 2. The van der Waals surface area contributed by atoms with Crippen molar-refractivity contribution >= 4 is 26.5 Å². The Morgan fingerprint density at radius 1 is 1.11 bits per heavy atom. The van der Waals surface area contributed by atoms with Crippen LogP contribution in [-0.4, -0.2) is 59.0 Å². The first kappa shape index (κ1) is 15.5. The maximum Gasteiger partial charge on any atom is 0.280 e. The standard InChI is InChI=1S/C14H26IN3O/c1-2-17-7-3-12(4-8-17)11-18-9-5-13(6-10-18)16-14(15)19/h12-13H,2-11H2,1H3,(H,16,19). The molecule has 0 spiro atoms. The van der Waals surface area contributed by atoms with Crippen molar-refractivity contribution in [1.29, 1.82) is 0 Å². The predicted molar refractivity (Wildman–Crippen MR) is 86.9 cm³/mol. The van der Waals surface area contributed by atoms with E-state index in [1.807, 2.05) is 22.6 Å². The maximum atomic E-state index is 11.0. The van der Waals surface area contributed by atoms with Gasteiger partial charge < -0.3 is 15.1 Å². The smallest absolute Gasteiger partial charge is 0.280 e. The summed E-state index contributed by atoms with van der Waals surface area (Å²) in [5.74, 6) is 0.888. The third kappa shape index (κ3) is 5.19. The van der Waals surface area contributed by atoms with Crippen molar-refractivity contribution in [2.24, 2.45) is 5.92 Å². The number of hydrogen-bond acceptors (Lipinski definition) is 3. The second-order valence-electron chi connectivity index (χ2n) is 5.87. The minimum Gasteiger partial charge on any atom is -0.345 e. The number of piperidine rings is 2. The number of carbonyl (C=O) groups excluding carboxylic acids is 1. The van der Waals surface area contributed by atoms with Gasteiger partial charge in [0.05, 0.1) is 0 Å². The Morgan fingerprint density at radius 2 is 1.68 bits per heavy atom. The van der Waals surface area contributed by atoms with Crippen molar-refractivity contribution in [3.05, 3.63) is 0 Å². The van der Waals surface area contributed by atoms with E-state index >= 15 is 0 Å². The van der Waals surface area contributed by atoms with Gasteiger partial charge in [-0.2, -0.15) is 0 Å². The molecular formula is C14H26IN3O. The predicted octanol–water partition coefficient (Wildman–Crippen LogP) is 2.33. The number of carbonyl (C=O) groups is 1. The van der Waals surface area contributed by atoms with Crippen molar-refractivity contribution in [2.75, 3.05) is 39.3 Å². The van der Waals surface area contributed by atoms with Crippen LogP contribution in [0.15, 0.2) is 0 Å². The van der Waals surface area contributed by atoms with E-state index in [0.717, 1.165) is 31.8 Å². The average Bonchev–Trinajstić information content (AvgIpc) is 2.41. The van der Waals surface area contributed by atoms with Crippen LogP contribution < -0.4 is 5.32 Å². The quantitative estimate of drug-likeness (QED) is 0.463. The minimum absolute atomic E-state index is 0.0861. The van der Waals surface area contributed by atoms with E-state index in [1.54, 1.807) is 0 Å². The Bertz CT molecular complexity index is 284. The Labute approximate surface area is 130 Å². The molecule has 4 nitrogen and oxygen atoms in total. The molecule has 0 aliphatic carbocycles. The molecule has 5 heteroatoms. The van der Waals surface area contributed by atoms with Gasteiger partial charge in [0, 0.05) is 48.3 Å². The van der Waals surface area contributed by atoms with Crippen LogP contribution in [0, 0.1) is 5.92 Å². The van der Waals surface area contributed by atoms with Gasteiger partial charge in [-0.15, -0.1) is 0 Å². The second kappa shape index (κ2) is 7.78. The molecule has 110 valence electrons. The molecule has 2 fully saturated rings. The van der Waals surface area contributed by atoms with Crippen molar-refractivity contribution in [2.45, 2.75) is 38.6 Å². The normalized spacial score (nSPS) is 24.5. The molecule has 0 bridgehead atoms. The summed E-state index contributed by atoms with van der Waals surface area (Å²) < 4.78 is 0.0861. The van der Waals surface area contributed by atoms with E-state index in [2.05, 4.69) is 22.0 Å². The number of nitrogens with one attached hydrogen (secondary N) is 1. The summed E-state index contributed by atoms with van der Waals surface area (Å²) in [5.41, 5.74) is 0. The van der Waals surface area contributed by atoms with Crippen molar-refractivity contribution in [3.63, 3.8) is 0 Å². The van der Waals surface area contributed by atoms with Crippen molar-refractivity contribution in [3.8, 4) is 0 Å². The van der Waals surface area contributed by atoms with Gasteiger partial charge in [0.15, 0.2) is 0 Å². The van der Waals surface area contributed by atoms with Crippen LogP contribution in [0.3, 0.4) is 0 Å². The lowest BCUT2D eigenvalue weighted by Crippen LogP contribution is -2.46. The van der Waals surface area contributed by atoms with Gasteiger partial charge in [0.1, 0.15) is 0 Å². The highest BCUT2D eigenvalue weighted by atomic mass is 127. The van der Waals surface area contributed by atoms with Crippen LogP contribution in [0.25, 0.3) is 0 Å². The van der Waals surface area contributed by atoms with Gasteiger partial charge in [0.2, 0.25) is 0 Å². The Kier molecular flexibility index (Phi) is 6.35. The van der Waals surface area contributed by atoms with E-state index < -0.39 is 0 Å². The Hall–Kier alpha value is 0.120. The highest BCUT2D eigenvalue weighted by Gasteiger charge is 2.24. The van der Waals surface area contributed by atoms with E-state index in [9.17, 15) is 4.79 Å². The fourth-order valence-electron chi connectivity index (χ4n) is 3.27. The molecule has 2 saturated heterocycles. The molecule has 1 N–H and O–H groups in total. The van der Waals surface area contributed by atoms with Crippen LogP contribution >= 0.6 is 22.6 Å². The monoisotopic (exact) mass is 379 g/mol. The zero-order valence-electron chi connectivity index (χ0n) is 11.9. The first-order valence-corrected chi connectivity index (χ1v) is 8.66. The van der Waals surface area contributed by atoms with Crippen LogP contribution in [0.5, 0.6) is 0 Å². The highest BCUT2D eigenvalue weighted by molar-refractivity contribution is 14.1. The number of likely N-dealkylation sites (tertiary alicyclic amines) is 2. The van der Waals surface area contributed by atoms with E-state index in [1.165, 1.54) is 39.0 Å². The summed E-state index contributed by atoms with van der Waals surface area (Å²) >= 11 is 1.83. The summed E-state index contributed by atoms with van der Waals surface area (Å²) in [5, 5.41) is 3.03. The SMILES string of the molecule is CCN1CCC(CN2CCC(NC(=O)I)CC2)CC1. The van der Waals surface area contributed by atoms with Gasteiger partial charge in [0.25, 0.3) is 3.91 Å². The topological polar surface area (TPSA) is 35.6 Å². The molecule has 0 aromatic heterocycles. The number of halogens is 1. The number of amides is 1. The fourth-order valence-corrected chi connectivity index (χ4v) is 3.71. The fraction of sp³-hybridized carbons (Fsp3) is 0.929. The van der Waals surface area contributed by atoms with Gasteiger partial charge in [-0.25, -0.2) is 0 Å². The molecule has 2 heterocycles. The number of hydrogen-bond donors (Lipinski definition) is 1. The molecule has 2 aliphatic heterocycles. The second-order valence-corrected chi connectivity index (χ2v) is 6.85. The molecule has 1 amide bonds. The minimum atomic E-state index is 0.0861. The zero-order valence-corrected chi connectivity index (χ0v) is 14.1. The van der Waals surface area contributed by atoms with Crippen molar-refractivity contribution < 1.29 is 4.79 Å². The first-order valence-electron chi connectivity index (χ1n) is 7.58. The zero-order chi connectivity index (χ0) is 13.7.